The molecule has 5 nitrogen and oxygen atoms in total. The molecule has 1 saturated carbocycles. The van der Waals surface area contributed by atoms with Crippen LogP contribution in [0, 0.1) is 0 Å². The Morgan fingerprint density at radius 3 is 2.67 bits per heavy atom. The summed E-state index contributed by atoms with van der Waals surface area (Å²) in [5.41, 5.74) is 1.13. The lowest BCUT2D eigenvalue weighted by Crippen LogP contribution is -2.52. The van der Waals surface area contributed by atoms with Crippen molar-refractivity contribution in [2.45, 2.75) is 63.7 Å². The third kappa shape index (κ3) is 4.33. The second-order valence-corrected chi connectivity index (χ2v) is 6.92. The summed E-state index contributed by atoms with van der Waals surface area (Å²) in [6, 6.07) is 4.05. The molecule has 0 aromatic carbocycles. The highest BCUT2D eigenvalue weighted by molar-refractivity contribution is 5.81. The van der Waals surface area contributed by atoms with Crippen molar-refractivity contribution in [1.29, 1.82) is 0 Å². The summed E-state index contributed by atoms with van der Waals surface area (Å²) in [4.78, 5) is 19.1. The molecule has 0 spiro atoms. The zero-order valence-corrected chi connectivity index (χ0v) is 14.6. The van der Waals surface area contributed by atoms with E-state index < -0.39 is 0 Å². The van der Waals surface area contributed by atoms with Gasteiger partial charge in [0.25, 0.3) is 5.91 Å². The van der Waals surface area contributed by atoms with Gasteiger partial charge in [-0.2, -0.15) is 0 Å². The van der Waals surface area contributed by atoms with E-state index in [1.54, 1.807) is 12.4 Å². The van der Waals surface area contributed by atoms with E-state index in [0.29, 0.717) is 0 Å². The molecule has 2 atom stereocenters. The lowest BCUT2D eigenvalue weighted by molar-refractivity contribution is -0.150. The van der Waals surface area contributed by atoms with Gasteiger partial charge in [-0.15, -0.1) is 0 Å². The Balaban J connectivity index is 1.64. The number of hydrogen-bond donors (Lipinski definition) is 1. The van der Waals surface area contributed by atoms with Gasteiger partial charge in [0.1, 0.15) is 6.10 Å². The van der Waals surface area contributed by atoms with Crippen LogP contribution in [0.1, 0.15) is 57.1 Å². The quantitative estimate of drug-likeness (QED) is 0.862. The first-order valence-electron chi connectivity index (χ1n) is 9.32. The standard InChI is InChI=1S/C19H29N3O2/c1-15(24-17-6-4-2-3-5-7-17)19(23)22-13-12-21-14-18(22)16-8-10-20-11-9-16/h8-11,15,17-18,21H,2-7,12-14H2,1H3. The first-order chi connectivity index (χ1) is 11.8. The summed E-state index contributed by atoms with van der Waals surface area (Å²) in [6.45, 7) is 4.26. The Kier molecular flexibility index (Phi) is 6.21. The molecule has 2 fully saturated rings. The number of hydrogen-bond acceptors (Lipinski definition) is 4. The number of carbonyl (C=O) groups excluding carboxylic acids is 1. The summed E-state index contributed by atoms with van der Waals surface area (Å²) in [5, 5.41) is 3.39. The molecular formula is C19H29N3O2. The average Bonchev–Trinajstić information content (AvgIpc) is 2.90. The molecule has 1 amide bonds. The second-order valence-electron chi connectivity index (χ2n) is 6.92. The summed E-state index contributed by atoms with van der Waals surface area (Å²) < 4.78 is 6.15. The lowest BCUT2D eigenvalue weighted by atomic mass is 10.0. The molecular weight excluding hydrogens is 302 g/mol. The first kappa shape index (κ1) is 17.4. The van der Waals surface area contributed by atoms with Crippen LogP contribution in [0.25, 0.3) is 0 Å². The zero-order valence-electron chi connectivity index (χ0n) is 14.6. The molecule has 0 bridgehead atoms. The predicted octanol–water partition coefficient (Wildman–Crippen LogP) is 2.68. The zero-order chi connectivity index (χ0) is 16.8. The van der Waals surface area contributed by atoms with E-state index in [1.165, 1.54) is 25.7 Å². The minimum absolute atomic E-state index is 0.0643. The highest BCUT2D eigenvalue weighted by Gasteiger charge is 2.32. The van der Waals surface area contributed by atoms with Crippen LogP contribution in [-0.4, -0.2) is 47.6 Å². The minimum atomic E-state index is -0.365. The first-order valence-corrected chi connectivity index (χ1v) is 9.32. The summed E-state index contributed by atoms with van der Waals surface area (Å²) in [6.07, 6.45) is 10.7. The molecule has 1 N–H and O–H groups in total. The van der Waals surface area contributed by atoms with Crippen molar-refractivity contribution < 1.29 is 9.53 Å². The molecule has 132 valence electrons. The van der Waals surface area contributed by atoms with Crippen molar-refractivity contribution in [3.63, 3.8) is 0 Å². The van der Waals surface area contributed by atoms with Gasteiger partial charge in [0, 0.05) is 32.0 Å². The topological polar surface area (TPSA) is 54.5 Å². The van der Waals surface area contributed by atoms with E-state index in [-0.39, 0.29) is 24.2 Å². The molecule has 3 rings (SSSR count). The van der Waals surface area contributed by atoms with Gasteiger partial charge in [0.05, 0.1) is 12.1 Å². The van der Waals surface area contributed by atoms with Crippen LogP contribution in [0.15, 0.2) is 24.5 Å². The molecule has 1 aliphatic heterocycles. The maximum atomic E-state index is 13.0. The van der Waals surface area contributed by atoms with Crippen molar-refractivity contribution >= 4 is 5.91 Å². The Morgan fingerprint density at radius 2 is 1.96 bits per heavy atom. The molecule has 1 aromatic rings. The highest BCUT2D eigenvalue weighted by Crippen LogP contribution is 2.25. The van der Waals surface area contributed by atoms with Crippen LogP contribution in [0.2, 0.25) is 0 Å². The van der Waals surface area contributed by atoms with E-state index in [1.807, 2.05) is 24.0 Å². The number of amides is 1. The van der Waals surface area contributed by atoms with Crippen LogP contribution in [0.5, 0.6) is 0 Å². The number of aromatic nitrogens is 1. The Labute approximate surface area is 144 Å². The summed E-state index contributed by atoms with van der Waals surface area (Å²) in [7, 11) is 0. The average molecular weight is 331 g/mol. The smallest absolute Gasteiger partial charge is 0.252 e. The van der Waals surface area contributed by atoms with Crippen molar-refractivity contribution in [2.75, 3.05) is 19.6 Å². The Hall–Kier alpha value is -1.46. The van der Waals surface area contributed by atoms with E-state index in [9.17, 15) is 4.79 Å². The van der Waals surface area contributed by atoms with Crippen molar-refractivity contribution in [3.8, 4) is 0 Å². The Bertz CT molecular complexity index is 515. The predicted molar refractivity (Wildman–Crippen MR) is 93.6 cm³/mol. The van der Waals surface area contributed by atoms with Gasteiger partial charge in [-0.3, -0.25) is 9.78 Å². The number of ether oxygens (including phenoxy) is 1. The lowest BCUT2D eigenvalue weighted by Gasteiger charge is -2.38. The van der Waals surface area contributed by atoms with E-state index in [4.69, 9.17) is 4.74 Å². The Morgan fingerprint density at radius 1 is 1.25 bits per heavy atom. The van der Waals surface area contributed by atoms with Crippen LogP contribution in [0.3, 0.4) is 0 Å². The molecule has 2 heterocycles. The van der Waals surface area contributed by atoms with Gasteiger partial charge in [-0.1, -0.05) is 25.7 Å². The minimum Gasteiger partial charge on any atom is -0.365 e. The van der Waals surface area contributed by atoms with Gasteiger partial charge >= 0.3 is 0 Å². The summed E-state index contributed by atoms with van der Waals surface area (Å²) >= 11 is 0. The molecule has 1 aliphatic carbocycles. The number of rotatable bonds is 4. The van der Waals surface area contributed by atoms with Crippen molar-refractivity contribution in [2.24, 2.45) is 0 Å². The van der Waals surface area contributed by atoms with Crippen LogP contribution in [-0.2, 0) is 9.53 Å². The monoisotopic (exact) mass is 331 g/mol. The maximum absolute atomic E-state index is 13.0. The fourth-order valence-electron chi connectivity index (χ4n) is 3.81. The van der Waals surface area contributed by atoms with Gasteiger partial charge in [-0.25, -0.2) is 0 Å². The van der Waals surface area contributed by atoms with Crippen LogP contribution in [0.4, 0.5) is 0 Å². The van der Waals surface area contributed by atoms with Gasteiger partial charge in [0.15, 0.2) is 0 Å². The van der Waals surface area contributed by atoms with Gasteiger partial charge in [0.2, 0.25) is 0 Å². The number of carbonyl (C=O) groups is 1. The number of nitrogens with one attached hydrogen (secondary N) is 1. The van der Waals surface area contributed by atoms with Gasteiger partial charge in [-0.05, 0) is 37.5 Å². The SMILES string of the molecule is CC(OC1CCCCCC1)C(=O)N1CCNCC1c1ccncc1. The molecule has 1 saturated heterocycles. The highest BCUT2D eigenvalue weighted by atomic mass is 16.5. The largest absolute Gasteiger partial charge is 0.365 e. The van der Waals surface area contributed by atoms with Gasteiger partial charge < -0.3 is 15.0 Å². The number of pyridine rings is 1. The number of nitrogens with zero attached hydrogens (tertiary/aromatic N) is 2. The third-order valence-electron chi connectivity index (χ3n) is 5.16. The molecule has 0 radical (unpaired) electrons. The van der Waals surface area contributed by atoms with E-state index in [0.717, 1.165) is 38.0 Å². The van der Waals surface area contributed by atoms with E-state index >= 15 is 0 Å². The van der Waals surface area contributed by atoms with E-state index in [2.05, 4.69) is 10.3 Å². The molecule has 2 unspecified atom stereocenters. The molecule has 1 aromatic heterocycles. The molecule has 2 aliphatic rings. The molecule has 24 heavy (non-hydrogen) atoms. The fourth-order valence-corrected chi connectivity index (χ4v) is 3.81. The number of piperazine rings is 1. The van der Waals surface area contributed by atoms with Crippen molar-refractivity contribution in [3.05, 3.63) is 30.1 Å². The van der Waals surface area contributed by atoms with Crippen LogP contribution >= 0.6 is 0 Å². The second kappa shape index (κ2) is 8.58. The molecule has 5 heteroatoms. The third-order valence-corrected chi connectivity index (χ3v) is 5.16. The van der Waals surface area contributed by atoms with Crippen LogP contribution < -0.4 is 5.32 Å². The normalized spacial score (nSPS) is 24.4. The van der Waals surface area contributed by atoms with Crippen molar-refractivity contribution in [1.82, 2.24) is 15.2 Å². The fraction of sp³-hybridized carbons (Fsp3) is 0.684. The summed E-state index contributed by atoms with van der Waals surface area (Å²) in [5.74, 6) is 0.113. The maximum Gasteiger partial charge on any atom is 0.252 e.